The monoisotopic (exact) mass is 532 g/mol. The number of nitrogens with zero attached hydrogens (tertiary/aromatic N) is 5. The Morgan fingerprint density at radius 1 is 1.05 bits per heavy atom. The van der Waals surface area contributed by atoms with Gasteiger partial charge < -0.3 is 10.6 Å². The summed E-state index contributed by atoms with van der Waals surface area (Å²) in [6.45, 7) is 3.14. The number of amides is 2. The minimum Gasteiger partial charge on any atom is -0.369 e. The zero-order valence-corrected chi connectivity index (χ0v) is 22.2. The van der Waals surface area contributed by atoms with Crippen molar-refractivity contribution in [3.8, 4) is 5.69 Å². The van der Waals surface area contributed by atoms with Crippen LogP contribution in [0.3, 0.4) is 0 Å². The number of thiazole rings is 1. The molecule has 0 unspecified atom stereocenters. The number of carbonyl (C=O) groups excluding carboxylic acids is 2. The zero-order valence-electron chi connectivity index (χ0n) is 20.5. The molecule has 1 aliphatic rings. The Balaban J connectivity index is 1.31. The molecule has 10 heteroatoms. The van der Waals surface area contributed by atoms with Gasteiger partial charge in [0.05, 0.1) is 11.4 Å². The van der Waals surface area contributed by atoms with E-state index in [1.165, 1.54) is 16.9 Å². The topological polar surface area (TPSA) is 107 Å². The van der Waals surface area contributed by atoms with Crippen molar-refractivity contribution in [2.75, 3.05) is 13.1 Å². The molecule has 37 heavy (non-hydrogen) atoms. The first-order chi connectivity index (χ1) is 18.0. The van der Waals surface area contributed by atoms with E-state index in [1.807, 2.05) is 35.7 Å². The van der Waals surface area contributed by atoms with E-state index in [4.69, 9.17) is 5.73 Å². The molecule has 0 bridgehead atoms. The smallest absolute Gasteiger partial charge is 0.273 e. The van der Waals surface area contributed by atoms with Gasteiger partial charge in [0, 0.05) is 30.8 Å². The Hall–Kier alpha value is -3.50. The van der Waals surface area contributed by atoms with Gasteiger partial charge in [-0.2, -0.15) is 0 Å². The zero-order chi connectivity index (χ0) is 25.8. The molecule has 2 N–H and O–H groups in total. The summed E-state index contributed by atoms with van der Waals surface area (Å²) in [6, 6.07) is 18.5. The molecule has 4 aromatic rings. The van der Waals surface area contributed by atoms with Gasteiger partial charge in [-0.25, -0.2) is 4.98 Å². The number of benzene rings is 2. The second-order valence-corrected chi connectivity index (χ2v) is 11.0. The van der Waals surface area contributed by atoms with Gasteiger partial charge in [0.2, 0.25) is 5.91 Å². The third-order valence-electron chi connectivity index (χ3n) is 6.54. The number of hydrogen-bond acceptors (Lipinski definition) is 7. The number of hydrogen-bond donors (Lipinski definition) is 1. The minimum atomic E-state index is -0.287. The first-order valence-electron chi connectivity index (χ1n) is 12.2. The summed E-state index contributed by atoms with van der Waals surface area (Å²) >= 11 is 3.03. The second-order valence-electron chi connectivity index (χ2n) is 9.07. The number of thioether (sulfide) groups is 1. The predicted molar refractivity (Wildman–Crippen MR) is 145 cm³/mol. The molecular formula is C27H28N6O2S2. The summed E-state index contributed by atoms with van der Waals surface area (Å²) in [7, 11) is 0. The van der Waals surface area contributed by atoms with Crippen molar-refractivity contribution in [2.45, 2.75) is 37.1 Å². The minimum absolute atomic E-state index is 0.0938. The highest BCUT2D eigenvalue weighted by Crippen LogP contribution is 2.29. The molecule has 2 aromatic carbocycles. The van der Waals surface area contributed by atoms with Crippen molar-refractivity contribution >= 4 is 34.9 Å². The number of aromatic nitrogens is 4. The molecule has 0 radical (unpaired) electrons. The van der Waals surface area contributed by atoms with Crippen LogP contribution < -0.4 is 5.73 Å². The number of para-hydroxylation sites is 1. The molecule has 2 amide bonds. The van der Waals surface area contributed by atoms with Gasteiger partial charge in [0.1, 0.15) is 16.5 Å². The normalized spacial score (nSPS) is 14.1. The Kier molecular flexibility index (Phi) is 7.66. The van der Waals surface area contributed by atoms with E-state index in [2.05, 4.69) is 50.9 Å². The van der Waals surface area contributed by atoms with E-state index in [9.17, 15) is 9.59 Å². The molecule has 2 aromatic heterocycles. The lowest BCUT2D eigenvalue weighted by atomic mass is 9.96. The summed E-state index contributed by atoms with van der Waals surface area (Å²) < 4.78 is 2.12. The summed E-state index contributed by atoms with van der Waals surface area (Å²) in [5.41, 5.74) is 9.22. The predicted octanol–water partition coefficient (Wildman–Crippen LogP) is 4.25. The van der Waals surface area contributed by atoms with Gasteiger partial charge in [-0.05, 0) is 37.0 Å². The van der Waals surface area contributed by atoms with Crippen LogP contribution in [0.2, 0.25) is 0 Å². The molecule has 0 aliphatic carbocycles. The number of carbonyl (C=O) groups is 2. The van der Waals surface area contributed by atoms with Gasteiger partial charge in [-0.15, -0.1) is 21.5 Å². The highest BCUT2D eigenvalue weighted by Gasteiger charge is 2.27. The molecule has 1 fully saturated rings. The van der Waals surface area contributed by atoms with Crippen LogP contribution in [0.15, 0.2) is 65.1 Å². The molecule has 8 nitrogen and oxygen atoms in total. The summed E-state index contributed by atoms with van der Waals surface area (Å²) in [6.07, 6.45) is 1.88. The molecular weight excluding hydrogens is 504 g/mol. The van der Waals surface area contributed by atoms with Crippen molar-refractivity contribution in [1.82, 2.24) is 24.6 Å². The molecule has 1 aliphatic heterocycles. The van der Waals surface area contributed by atoms with Crippen LogP contribution in [0.25, 0.3) is 5.69 Å². The van der Waals surface area contributed by atoms with Crippen LogP contribution in [0, 0.1) is 12.8 Å². The molecule has 0 saturated carbocycles. The van der Waals surface area contributed by atoms with E-state index >= 15 is 0 Å². The Morgan fingerprint density at radius 2 is 1.78 bits per heavy atom. The average Bonchev–Trinajstić information content (AvgIpc) is 3.55. The lowest BCUT2D eigenvalue weighted by molar-refractivity contribution is -0.123. The first-order valence-corrected chi connectivity index (χ1v) is 14.1. The standard InChI is InChI=1S/C27H28N6O2S2/c1-18-7-5-6-10-22(18)33-23(15-19-8-3-2-4-9-19)30-31-27(33)37-17-24-29-21(16-36-24)26(35)32-13-11-20(12-14-32)25(28)34/h2-10,16,20H,11-15,17H2,1H3,(H2,28,34). The number of nitrogens with two attached hydrogens (primary N) is 1. The lowest BCUT2D eigenvalue weighted by Crippen LogP contribution is -2.41. The van der Waals surface area contributed by atoms with Gasteiger partial charge >= 0.3 is 0 Å². The third-order valence-corrected chi connectivity index (χ3v) is 8.51. The van der Waals surface area contributed by atoms with Crippen LogP contribution in [0.5, 0.6) is 0 Å². The van der Waals surface area contributed by atoms with Gasteiger partial charge in [0.25, 0.3) is 5.91 Å². The van der Waals surface area contributed by atoms with E-state index in [0.29, 0.717) is 43.8 Å². The number of aryl methyl sites for hydroxylation is 1. The van der Waals surface area contributed by atoms with Crippen molar-refractivity contribution in [1.29, 1.82) is 0 Å². The molecule has 1 saturated heterocycles. The van der Waals surface area contributed by atoms with E-state index < -0.39 is 0 Å². The number of rotatable bonds is 8. The van der Waals surface area contributed by atoms with E-state index in [-0.39, 0.29) is 17.7 Å². The maximum absolute atomic E-state index is 12.9. The van der Waals surface area contributed by atoms with Crippen molar-refractivity contribution in [3.05, 3.63) is 87.6 Å². The maximum Gasteiger partial charge on any atom is 0.273 e. The number of piperidine rings is 1. The quantitative estimate of drug-likeness (QED) is 0.340. The van der Waals surface area contributed by atoms with Gasteiger partial charge in [-0.3, -0.25) is 14.2 Å². The first kappa shape index (κ1) is 25.2. The van der Waals surface area contributed by atoms with Crippen LogP contribution in [0.1, 0.15) is 45.3 Å². The Labute approximate surface area is 223 Å². The van der Waals surface area contributed by atoms with Gasteiger partial charge in [0.15, 0.2) is 5.16 Å². The van der Waals surface area contributed by atoms with Crippen molar-refractivity contribution in [2.24, 2.45) is 11.7 Å². The van der Waals surface area contributed by atoms with E-state index in [1.54, 1.807) is 16.7 Å². The van der Waals surface area contributed by atoms with Crippen molar-refractivity contribution < 1.29 is 9.59 Å². The number of primary amides is 1. The molecule has 0 spiro atoms. The fraction of sp³-hybridized carbons (Fsp3) is 0.296. The van der Waals surface area contributed by atoms with Gasteiger partial charge in [-0.1, -0.05) is 60.3 Å². The largest absolute Gasteiger partial charge is 0.369 e. The van der Waals surface area contributed by atoms with E-state index in [0.717, 1.165) is 27.2 Å². The van der Waals surface area contributed by atoms with Crippen LogP contribution in [-0.2, 0) is 17.0 Å². The molecule has 3 heterocycles. The maximum atomic E-state index is 12.9. The fourth-order valence-electron chi connectivity index (χ4n) is 4.47. The van der Waals surface area contributed by atoms with Crippen LogP contribution >= 0.6 is 23.1 Å². The summed E-state index contributed by atoms with van der Waals surface area (Å²) in [4.78, 5) is 30.7. The molecule has 5 rings (SSSR count). The third kappa shape index (κ3) is 5.75. The van der Waals surface area contributed by atoms with Crippen LogP contribution in [-0.4, -0.2) is 49.6 Å². The van der Waals surface area contributed by atoms with Crippen LogP contribution in [0.4, 0.5) is 0 Å². The average molecular weight is 533 g/mol. The fourth-order valence-corrected chi connectivity index (χ4v) is 6.22. The molecule has 190 valence electrons. The Morgan fingerprint density at radius 3 is 2.51 bits per heavy atom. The summed E-state index contributed by atoms with van der Waals surface area (Å²) in [5.74, 6) is 0.923. The summed E-state index contributed by atoms with van der Waals surface area (Å²) in [5, 5.41) is 12.5. The Bertz CT molecular complexity index is 1390. The van der Waals surface area contributed by atoms with Crippen molar-refractivity contribution in [3.63, 3.8) is 0 Å². The SMILES string of the molecule is Cc1ccccc1-n1c(Cc2ccccc2)nnc1SCc1nc(C(=O)N2CCC(C(N)=O)CC2)cs1. The highest BCUT2D eigenvalue weighted by atomic mass is 32.2. The lowest BCUT2D eigenvalue weighted by Gasteiger charge is -2.30. The molecule has 0 atom stereocenters. The highest BCUT2D eigenvalue weighted by molar-refractivity contribution is 7.98. The number of likely N-dealkylation sites (tertiary alicyclic amines) is 1. The second kappa shape index (κ2) is 11.3.